The first-order valence-corrected chi connectivity index (χ1v) is 5.31. The molecule has 0 heterocycles. The van der Waals surface area contributed by atoms with Crippen molar-refractivity contribution < 1.29 is 4.79 Å². The molecule has 0 aliphatic rings. The lowest BCUT2D eigenvalue weighted by Crippen LogP contribution is -2.07. The monoisotopic (exact) mass is 184 g/mol. The second-order valence-electron chi connectivity index (χ2n) is 5.46. The number of hydrogen-bond acceptors (Lipinski definition) is 1. The number of rotatable bonds is 5. The molecule has 0 unspecified atom stereocenters. The Morgan fingerprint density at radius 1 is 1.31 bits per heavy atom. The summed E-state index contributed by atoms with van der Waals surface area (Å²) in [4.78, 5) is 10.8. The van der Waals surface area contributed by atoms with Gasteiger partial charge < -0.3 is 4.79 Å². The standard InChI is InChI=1S/C12H24O/c1-10(9-11(2)13)7-6-8-12(3,4)5/h10H,6-9H2,1-5H3/t10-/m1/s1. The van der Waals surface area contributed by atoms with Crippen molar-refractivity contribution in [2.75, 3.05) is 0 Å². The molecule has 0 spiro atoms. The predicted molar refractivity (Wildman–Crippen MR) is 57.8 cm³/mol. The van der Waals surface area contributed by atoms with Crippen LogP contribution in [-0.4, -0.2) is 5.78 Å². The Balaban J connectivity index is 3.48. The fourth-order valence-corrected chi connectivity index (χ4v) is 1.57. The van der Waals surface area contributed by atoms with Gasteiger partial charge in [-0.2, -0.15) is 0 Å². The van der Waals surface area contributed by atoms with Crippen molar-refractivity contribution in [3.63, 3.8) is 0 Å². The van der Waals surface area contributed by atoms with Gasteiger partial charge in [0, 0.05) is 6.42 Å². The minimum atomic E-state index is 0.322. The fraction of sp³-hybridized carbons (Fsp3) is 0.917. The normalized spacial score (nSPS) is 14.2. The van der Waals surface area contributed by atoms with Crippen LogP contribution < -0.4 is 0 Å². The first-order chi connectivity index (χ1) is 5.81. The summed E-state index contributed by atoms with van der Waals surface area (Å²) in [5.41, 5.74) is 0.440. The van der Waals surface area contributed by atoms with Crippen molar-refractivity contribution >= 4 is 5.78 Å². The molecule has 1 atom stereocenters. The average Bonchev–Trinajstić information content (AvgIpc) is 1.81. The molecule has 0 aromatic heterocycles. The molecule has 0 rings (SSSR count). The number of carbonyl (C=O) groups is 1. The molecular formula is C12H24O. The fourth-order valence-electron chi connectivity index (χ4n) is 1.57. The summed E-state index contributed by atoms with van der Waals surface area (Å²) in [5.74, 6) is 0.892. The molecule has 0 amide bonds. The maximum atomic E-state index is 10.8. The van der Waals surface area contributed by atoms with Gasteiger partial charge in [-0.05, 0) is 24.7 Å². The highest BCUT2D eigenvalue weighted by Crippen LogP contribution is 2.23. The molecule has 78 valence electrons. The van der Waals surface area contributed by atoms with Crippen LogP contribution in [0.15, 0.2) is 0 Å². The van der Waals surface area contributed by atoms with Gasteiger partial charge in [0.25, 0.3) is 0 Å². The Morgan fingerprint density at radius 3 is 2.23 bits per heavy atom. The molecule has 0 fully saturated rings. The van der Waals surface area contributed by atoms with E-state index in [4.69, 9.17) is 0 Å². The van der Waals surface area contributed by atoms with Crippen LogP contribution in [0.5, 0.6) is 0 Å². The molecule has 0 radical (unpaired) electrons. The Hall–Kier alpha value is -0.330. The van der Waals surface area contributed by atoms with Gasteiger partial charge in [-0.15, -0.1) is 0 Å². The quantitative estimate of drug-likeness (QED) is 0.635. The lowest BCUT2D eigenvalue weighted by atomic mass is 9.87. The molecule has 0 bridgehead atoms. The van der Waals surface area contributed by atoms with Gasteiger partial charge in [0.2, 0.25) is 0 Å². The summed E-state index contributed by atoms with van der Waals surface area (Å²) in [6.07, 6.45) is 4.45. The molecule has 0 aliphatic heterocycles. The topological polar surface area (TPSA) is 17.1 Å². The average molecular weight is 184 g/mol. The van der Waals surface area contributed by atoms with E-state index in [1.165, 1.54) is 19.3 Å². The van der Waals surface area contributed by atoms with Crippen LogP contribution >= 0.6 is 0 Å². The van der Waals surface area contributed by atoms with Crippen LogP contribution in [0.3, 0.4) is 0 Å². The summed E-state index contributed by atoms with van der Waals surface area (Å²) < 4.78 is 0. The highest BCUT2D eigenvalue weighted by molar-refractivity contribution is 5.75. The minimum Gasteiger partial charge on any atom is -0.300 e. The van der Waals surface area contributed by atoms with Crippen molar-refractivity contribution in [1.82, 2.24) is 0 Å². The Labute approximate surface area is 82.9 Å². The number of hydrogen-bond donors (Lipinski definition) is 0. The summed E-state index contributed by atoms with van der Waals surface area (Å²) in [5, 5.41) is 0. The highest BCUT2D eigenvalue weighted by atomic mass is 16.1. The Bertz CT molecular complexity index is 153. The van der Waals surface area contributed by atoms with Crippen LogP contribution in [0.4, 0.5) is 0 Å². The lowest BCUT2D eigenvalue weighted by molar-refractivity contribution is -0.117. The molecule has 0 aromatic carbocycles. The van der Waals surface area contributed by atoms with Gasteiger partial charge >= 0.3 is 0 Å². The third-order valence-corrected chi connectivity index (χ3v) is 2.26. The van der Waals surface area contributed by atoms with Crippen LogP contribution in [0.1, 0.15) is 60.3 Å². The van der Waals surface area contributed by atoms with E-state index in [0.717, 1.165) is 6.42 Å². The van der Waals surface area contributed by atoms with Crippen LogP contribution in [-0.2, 0) is 4.79 Å². The number of Topliss-reactive ketones (excluding diaryl/α,β-unsaturated/α-hetero) is 1. The zero-order valence-electron chi connectivity index (χ0n) is 9.81. The molecule has 0 aromatic rings. The largest absolute Gasteiger partial charge is 0.300 e. The van der Waals surface area contributed by atoms with Gasteiger partial charge in [-0.25, -0.2) is 0 Å². The van der Waals surface area contributed by atoms with Gasteiger partial charge in [0.1, 0.15) is 5.78 Å². The molecule has 1 heteroatoms. The molecule has 0 saturated heterocycles. The van der Waals surface area contributed by atoms with Crippen molar-refractivity contribution in [2.45, 2.75) is 60.3 Å². The van der Waals surface area contributed by atoms with Gasteiger partial charge in [-0.3, -0.25) is 0 Å². The molecule has 0 saturated carbocycles. The molecule has 13 heavy (non-hydrogen) atoms. The van der Waals surface area contributed by atoms with Crippen molar-refractivity contribution in [3.05, 3.63) is 0 Å². The van der Waals surface area contributed by atoms with Gasteiger partial charge in [0.05, 0.1) is 0 Å². The third kappa shape index (κ3) is 9.59. The van der Waals surface area contributed by atoms with Crippen LogP contribution in [0.25, 0.3) is 0 Å². The van der Waals surface area contributed by atoms with E-state index in [9.17, 15) is 4.79 Å². The smallest absolute Gasteiger partial charge is 0.130 e. The Kier molecular flexibility index (Phi) is 5.27. The Morgan fingerprint density at radius 2 is 1.85 bits per heavy atom. The van der Waals surface area contributed by atoms with E-state index >= 15 is 0 Å². The van der Waals surface area contributed by atoms with Gasteiger partial charge in [-0.1, -0.05) is 40.5 Å². The summed E-state index contributed by atoms with van der Waals surface area (Å²) in [7, 11) is 0. The second kappa shape index (κ2) is 5.41. The molecule has 0 aliphatic carbocycles. The molecule has 0 N–H and O–H groups in total. The zero-order valence-corrected chi connectivity index (χ0v) is 9.81. The minimum absolute atomic E-state index is 0.322. The third-order valence-electron chi connectivity index (χ3n) is 2.26. The second-order valence-corrected chi connectivity index (χ2v) is 5.46. The zero-order chi connectivity index (χ0) is 10.5. The van der Waals surface area contributed by atoms with E-state index < -0.39 is 0 Å². The molecular weight excluding hydrogens is 160 g/mol. The van der Waals surface area contributed by atoms with E-state index in [-0.39, 0.29) is 0 Å². The summed E-state index contributed by atoms with van der Waals surface area (Å²) in [6, 6.07) is 0. The SMILES string of the molecule is CC(=O)C[C@H](C)CCCC(C)(C)C. The van der Waals surface area contributed by atoms with Crippen molar-refractivity contribution in [1.29, 1.82) is 0 Å². The van der Waals surface area contributed by atoms with Crippen LogP contribution in [0.2, 0.25) is 0 Å². The summed E-state index contributed by atoms with van der Waals surface area (Å²) >= 11 is 0. The highest BCUT2D eigenvalue weighted by Gasteiger charge is 2.11. The lowest BCUT2D eigenvalue weighted by Gasteiger charge is -2.18. The van der Waals surface area contributed by atoms with Crippen LogP contribution in [0, 0.1) is 11.3 Å². The van der Waals surface area contributed by atoms with E-state index in [1.807, 2.05) is 0 Å². The van der Waals surface area contributed by atoms with E-state index in [1.54, 1.807) is 6.92 Å². The summed E-state index contributed by atoms with van der Waals surface area (Å²) in [6.45, 7) is 10.7. The first-order valence-electron chi connectivity index (χ1n) is 5.31. The van der Waals surface area contributed by atoms with Crippen molar-refractivity contribution in [2.24, 2.45) is 11.3 Å². The van der Waals surface area contributed by atoms with E-state index in [0.29, 0.717) is 17.1 Å². The van der Waals surface area contributed by atoms with Crippen molar-refractivity contribution in [3.8, 4) is 0 Å². The first kappa shape index (κ1) is 12.7. The molecule has 1 nitrogen and oxygen atoms in total. The number of carbonyl (C=O) groups excluding carboxylic acids is 1. The van der Waals surface area contributed by atoms with Gasteiger partial charge in [0.15, 0.2) is 0 Å². The van der Waals surface area contributed by atoms with E-state index in [2.05, 4.69) is 27.7 Å². The number of ketones is 1. The predicted octanol–water partition coefficient (Wildman–Crippen LogP) is 3.82. The maximum Gasteiger partial charge on any atom is 0.130 e. The maximum absolute atomic E-state index is 10.8.